The molecule has 96 valence electrons. The van der Waals surface area contributed by atoms with E-state index in [1.54, 1.807) is 0 Å². The highest BCUT2D eigenvalue weighted by Gasteiger charge is 2.14. The van der Waals surface area contributed by atoms with Crippen molar-refractivity contribution in [1.29, 1.82) is 0 Å². The molecule has 0 amide bonds. The molecular formula is C16H26O. The molecule has 1 aromatic carbocycles. The molecule has 0 aromatic heterocycles. The number of aliphatic hydroxyl groups is 1. The standard InChI is InChI=1S/C16H26O/c1-3-15(4-2)16(17)13-9-8-12-14-10-6-5-7-11-14/h5-7,10-11,15-17H,3-4,8-9,12-13H2,1-2H3. The van der Waals surface area contributed by atoms with Crippen LogP contribution in [0.3, 0.4) is 0 Å². The van der Waals surface area contributed by atoms with Gasteiger partial charge in [0.2, 0.25) is 0 Å². The third-order valence-corrected chi connectivity index (χ3v) is 3.65. The molecule has 1 atom stereocenters. The van der Waals surface area contributed by atoms with Gasteiger partial charge >= 0.3 is 0 Å². The van der Waals surface area contributed by atoms with Crippen molar-refractivity contribution in [2.45, 2.75) is 58.5 Å². The lowest BCUT2D eigenvalue weighted by atomic mass is 9.92. The molecule has 1 nitrogen and oxygen atoms in total. The first-order valence-electron chi connectivity index (χ1n) is 6.99. The fraction of sp³-hybridized carbons (Fsp3) is 0.625. The topological polar surface area (TPSA) is 20.2 Å². The molecule has 1 aromatic rings. The van der Waals surface area contributed by atoms with E-state index in [1.165, 1.54) is 12.0 Å². The predicted octanol–water partition coefficient (Wildman–Crippen LogP) is 4.20. The molecule has 1 heteroatoms. The smallest absolute Gasteiger partial charge is 0.0568 e. The average Bonchev–Trinajstić information content (AvgIpc) is 2.37. The number of rotatable bonds is 8. The number of benzene rings is 1. The van der Waals surface area contributed by atoms with Crippen molar-refractivity contribution in [1.82, 2.24) is 0 Å². The molecule has 17 heavy (non-hydrogen) atoms. The molecule has 1 N–H and O–H groups in total. The highest BCUT2D eigenvalue weighted by atomic mass is 16.3. The fourth-order valence-electron chi connectivity index (χ4n) is 2.40. The van der Waals surface area contributed by atoms with Gasteiger partial charge in [0.05, 0.1) is 6.10 Å². The quantitative estimate of drug-likeness (QED) is 0.668. The molecule has 0 heterocycles. The van der Waals surface area contributed by atoms with E-state index in [1.807, 2.05) is 0 Å². The highest BCUT2D eigenvalue weighted by Crippen LogP contribution is 2.18. The molecule has 0 aliphatic heterocycles. The summed E-state index contributed by atoms with van der Waals surface area (Å²) in [5, 5.41) is 10.0. The van der Waals surface area contributed by atoms with Crippen LogP contribution in [0.25, 0.3) is 0 Å². The molecule has 0 aliphatic carbocycles. The van der Waals surface area contributed by atoms with Crippen LogP contribution in [0, 0.1) is 5.92 Å². The van der Waals surface area contributed by atoms with Crippen LogP contribution in [0.2, 0.25) is 0 Å². The number of aryl methyl sites for hydroxylation is 1. The summed E-state index contributed by atoms with van der Waals surface area (Å²) in [6.45, 7) is 4.34. The Morgan fingerprint density at radius 2 is 1.65 bits per heavy atom. The number of aliphatic hydroxyl groups excluding tert-OH is 1. The first-order valence-corrected chi connectivity index (χ1v) is 6.99. The van der Waals surface area contributed by atoms with Gasteiger partial charge < -0.3 is 5.11 Å². The zero-order chi connectivity index (χ0) is 12.5. The second kappa shape index (κ2) is 8.30. The lowest BCUT2D eigenvalue weighted by Crippen LogP contribution is -2.18. The Labute approximate surface area is 106 Å². The monoisotopic (exact) mass is 234 g/mol. The van der Waals surface area contributed by atoms with Crippen LogP contribution in [0.1, 0.15) is 51.5 Å². The molecule has 0 aliphatic rings. The fourth-order valence-corrected chi connectivity index (χ4v) is 2.40. The summed E-state index contributed by atoms with van der Waals surface area (Å²) in [6.07, 6.45) is 6.50. The van der Waals surface area contributed by atoms with Crippen LogP contribution in [0.5, 0.6) is 0 Å². The van der Waals surface area contributed by atoms with E-state index in [0.29, 0.717) is 5.92 Å². The zero-order valence-electron chi connectivity index (χ0n) is 11.2. The Balaban J connectivity index is 2.16. The summed E-state index contributed by atoms with van der Waals surface area (Å²) in [5.41, 5.74) is 1.41. The zero-order valence-corrected chi connectivity index (χ0v) is 11.2. The van der Waals surface area contributed by atoms with Gasteiger partial charge in [0, 0.05) is 0 Å². The lowest BCUT2D eigenvalue weighted by Gasteiger charge is -2.19. The molecule has 0 spiro atoms. The molecule has 1 unspecified atom stereocenters. The Hall–Kier alpha value is -0.820. The molecule has 0 bridgehead atoms. The van der Waals surface area contributed by atoms with Crippen molar-refractivity contribution in [3.8, 4) is 0 Å². The van der Waals surface area contributed by atoms with Gasteiger partial charge in [-0.2, -0.15) is 0 Å². The van der Waals surface area contributed by atoms with Crippen LogP contribution in [0.4, 0.5) is 0 Å². The third-order valence-electron chi connectivity index (χ3n) is 3.65. The van der Waals surface area contributed by atoms with E-state index in [9.17, 15) is 5.11 Å². The van der Waals surface area contributed by atoms with Gasteiger partial charge in [0.25, 0.3) is 0 Å². The number of hydrogen-bond acceptors (Lipinski definition) is 1. The summed E-state index contributed by atoms with van der Waals surface area (Å²) in [5.74, 6) is 0.492. The molecule has 1 rings (SSSR count). The highest BCUT2D eigenvalue weighted by molar-refractivity contribution is 5.14. The maximum absolute atomic E-state index is 10.0. The molecule has 0 saturated carbocycles. The van der Waals surface area contributed by atoms with Gasteiger partial charge in [0.15, 0.2) is 0 Å². The van der Waals surface area contributed by atoms with E-state index in [0.717, 1.165) is 32.1 Å². The minimum atomic E-state index is -0.0965. The van der Waals surface area contributed by atoms with Gasteiger partial charge in [-0.1, -0.05) is 63.4 Å². The second-order valence-corrected chi connectivity index (χ2v) is 4.88. The summed E-state index contributed by atoms with van der Waals surface area (Å²) in [6, 6.07) is 10.6. The first-order chi connectivity index (χ1) is 8.27. The van der Waals surface area contributed by atoms with E-state index in [4.69, 9.17) is 0 Å². The van der Waals surface area contributed by atoms with Crippen LogP contribution in [0.15, 0.2) is 30.3 Å². The molecule has 0 fully saturated rings. The van der Waals surface area contributed by atoms with Gasteiger partial charge in [-0.25, -0.2) is 0 Å². The largest absolute Gasteiger partial charge is 0.393 e. The van der Waals surface area contributed by atoms with Gasteiger partial charge in [-0.05, 0) is 30.7 Å². The van der Waals surface area contributed by atoms with E-state index >= 15 is 0 Å². The Morgan fingerprint density at radius 1 is 1.00 bits per heavy atom. The number of hydrogen-bond donors (Lipinski definition) is 1. The Kier molecular flexibility index (Phi) is 6.95. The van der Waals surface area contributed by atoms with Gasteiger partial charge in [0.1, 0.15) is 0 Å². The van der Waals surface area contributed by atoms with Crippen molar-refractivity contribution in [2.24, 2.45) is 5.92 Å². The van der Waals surface area contributed by atoms with Gasteiger partial charge in [-0.3, -0.25) is 0 Å². The molecular weight excluding hydrogens is 208 g/mol. The second-order valence-electron chi connectivity index (χ2n) is 4.88. The average molecular weight is 234 g/mol. The third kappa shape index (κ3) is 5.36. The maximum atomic E-state index is 10.0. The summed E-state index contributed by atoms with van der Waals surface area (Å²) in [4.78, 5) is 0. The maximum Gasteiger partial charge on any atom is 0.0568 e. The summed E-state index contributed by atoms with van der Waals surface area (Å²) in [7, 11) is 0. The normalized spacial score (nSPS) is 12.9. The lowest BCUT2D eigenvalue weighted by molar-refractivity contribution is 0.0916. The van der Waals surface area contributed by atoms with Crippen molar-refractivity contribution in [3.05, 3.63) is 35.9 Å². The first kappa shape index (κ1) is 14.2. The number of unbranched alkanes of at least 4 members (excludes halogenated alkanes) is 1. The van der Waals surface area contributed by atoms with Crippen LogP contribution in [-0.2, 0) is 6.42 Å². The Morgan fingerprint density at radius 3 is 2.24 bits per heavy atom. The summed E-state index contributed by atoms with van der Waals surface area (Å²) < 4.78 is 0. The SMILES string of the molecule is CCC(CC)C(O)CCCCc1ccccc1. The van der Waals surface area contributed by atoms with E-state index < -0.39 is 0 Å². The molecule has 0 saturated heterocycles. The summed E-state index contributed by atoms with van der Waals surface area (Å²) >= 11 is 0. The van der Waals surface area contributed by atoms with Crippen molar-refractivity contribution >= 4 is 0 Å². The van der Waals surface area contributed by atoms with E-state index in [2.05, 4.69) is 44.2 Å². The van der Waals surface area contributed by atoms with Crippen LogP contribution in [-0.4, -0.2) is 11.2 Å². The minimum absolute atomic E-state index is 0.0965. The van der Waals surface area contributed by atoms with E-state index in [-0.39, 0.29) is 6.10 Å². The van der Waals surface area contributed by atoms with Crippen molar-refractivity contribution in [3.63, 3.8) is 0 Å². The predicted molar refractivity (Wildman–Crippen MR) is 74.1 cm³/mol. The Bertz CT molecular complexity index is 277. The van der Waals surface area contributed by atoms with Crippen LogP contribution < -0.4 is 0 Å². The van der Waals surface area contributed by atoms with Crippen molar-refractivity contribution < 1.29 is 5.11 Å². The van der Waals surface area contributed by atoms with Gasteiger partial charge in [-0.15, -0.1) is 0 Å². The van der Waals surface area contributed by atoms with Crippen molar-refractivity contribution in [2.75, 3.05) is 0 Å². The van der Waals surface area contributed by atoms with Crippen LogP contribution >= 0.6 is 0 Å². The molecule has 0 radical (unpaired) electrons. The minimum Gasteiger partial charge on any atom is -0.393 e.